The Kier molecular flexibility index (Phi) is 6.70. The van der Waals surface area contributed by atoms with Crippen molar-refractivity contribution in [3.63, 3.8) is 0 Å². The third-order valence-corrected chi connectivity index (χ3v) is 5.31. The van der Waals surface area contributed by atoms with Crippen molar-refractivity contribution in [1.82, 2.24) is 14.9 Å². The molecular formula is C22H26ClN3O2. The molecule has 6 heteroatoms. The Morgan fingerprint density at radius 2 is 1.96 bits per heavy atom. The molecule has 0 fully saturated rings. The zero-order chi connectivity index (χ0) is 20.1. The molecule has 1 aromatic heterocycles. The van der Waals surface area contributed by atoms with Crippen LogP contribution in [0.1, 0.15) is 28.9 Å². The van der Waals surface area contributed by atoms with Crippen LogP contribution < -0.4 is 5.32 Å². The second kappa shape index (κ2) is 9.22. The summed E-state index contributed by atoms with van der Waals surface area (Å²) in [6.45, 7) is 5.78. The fourth-order valence-electron chi connectivity index (χ4n) is 3.22. The van der Waals surface area contributed by atoms with Gasteiger partial charge in [0, 0.05) is 38.1 Å². The molecule has 0 aliphatic heterocycles. The highest BCUT2D eigenvalue weighted by molar-refractivity contribution is 6.31. The molecule has 0 radical (unpaired) electrons. The Balaban J connectivity index is 1.90. The highest BCUT2D eigenvalue weighted by atomic mass is 35.5. The van der Waals surface area contributed by atoms with E-state index < -0.39 is 0 Å². The first-order valence-electron chi connectivity index (χ1n) is 9.45. The number of halogens is 1. The molecule has 0 spiro atoms. The molecule has 0 unspecified atom stereocenters. The van der Waals surface area contributed by atoms with E-state index in [9.17, 15) is 4.79 Å². The molecule has 0 aliphatic carbocycles. The number of amides is 1. The summed E-state index contributed by atoms with van der Waals surface area (Å²) in [7, 11) is 1.62. The molecular weight excluding hydrogens is 374 g/mol. The number of nitrogens with one attached hydrogen (secondary N) is 1. The van der Waals surface area contributed by atoms with Gasteiger partial charge in [-0.05, 0) is 48.7 Å². The van der Waals surface area contributed by atoms with E-state index in [1.54, 1.807) is 7.11 Å². The van der Waals surface area contributed by atoms with Gasteiger partial charge in [0.05, 0.1) is 17.6 Å². The lowest BCUT2D eigenvalue weighted by molar-refractivity contribution is -0.121. The first-order valence-corrected chi connectivity index (χ1v) is 9.82. The number of imidazole rings is 1. The van der Waals surface area contributed by atoms with E-state index >= 15 is 0 Å². The third-order valence-electron chi connectivity index (χ3n) is 4.94. The van der Waals surface area contributed by atoms with Crippen molar-refractivity contribution in [2.75, 3.05) is 20.3 Å². The Morgan fingerprint density at radius 3 is 2.71 bits per heavy atom. The minimum Gasteiger partial charge on any atom is -0.383 e. The fourth-order valence-corrected chi connectivity index (χ4v) is 3.42. The van der Waals surface area contributed by atoms with E-state index in [0.29, 0.717) is 32.5 Å². The summed E-state index contributed by atoms with van der Waals surface area (Å²) in [5, 5.41) is 3.60. The predicted octanol–water partition coefficient (Wildman–Crippen LogP) is 4.05. The quantitative estimate of drug-likeness (QED) is 0.581. The Morgan fingerprint density at radius 1 is 1.21 bits per heavy atom. The number of benzene rings is 2. The van der Waals surface area contributed by atoms with Crippen molar-refractivity contribution in [3.8, 4) is 0 Å². The van der Waals surface area contributed by atoms with Crippen molar-refractivity contribution in [2.24, 2.45) is 0 Å². The van der Waals surface area contributed by atoms with Gasteiger partial charge in [-0.1, -0.05) is 29.8 Å². The summed E-state index contributed by atoms with van der Waals surface area (Å²) in [4.78, 5) is 17.0. The first kappa shape index (κ1) is 20.4. The van der Waals surface area contributed by atoms with Gasteiger partial charge in [-0.2, -0.15) is 0 Å². The van der Waals surface area contributed by atoms with Crippen molar-refractivity contribution in [2.45, 2.75) is 33.2 Å². The smallest absolute Gasteiger partial charge is 0.221 e. The van der Waals surface area contributed by atoms with Gasteiger partial charge < -0.3 is 14.6 Å². The highest BCUT2D eigenvalue weighted by Gasteiger charge is 2.15. The minimum absolute atomic E-state index is 0.00595. The topological polar surface area (TPSA) is 56.1 Å². The lowest BCUT2D eigenvalue weighted by Gasteiger charge is -2.11. The molecule has 5 nitrogen and oxygen atoms in total. The number of nitrogens with zero attached hydrogens (tertiary/aromatic N) is 2. The zero-order valence-electron chi connectivity index (χ0n) is 16.6. The number of aryl methyl sites for hydroxylation is 3. The number of fused-ring (bicyclic) bond motifs is 1. The maximum Gasteiger partial charge on any atom is 0.221 e. The number of methoxy groups -OCH3 is 1. The predicted molar refractivity (Wildman–Crippen MR) is 113 cm³/mol. The summed E-state index contributed by atoms with van der Waals surface area (Å²) < 4.78 is 7.12. The van der Waals surface area contributed by atoms with Crippen LogP contribution >= 0.6 is 11.6 Å². The van der Waals surface area contributed by atoms with E-state index in [4.69, 9.17) is 21.3 Å². The van der Waals surface area contributed by atoms with E-state index in [1.165, 1.54) is 11.1 Å². The highest BCUT2D eigenvalue weighted by Crippen LogP contribution is 2.25. The summed E-state index contributed by atoms with van der Waals surface area (Å²) in [5.41, 5.74) is 5.44. The molecule has 0 saturated carbocycles. The first-order chi connectivity index (χ1) is 13.5. The standard InChI is InChI=1S/C22H26ClN3O2/c1-15-12-19-20(13-16(15)2)26(10-8-22(27)24-9-11-28-3)21(25-19)14-17-6-4-5-7-18(17)23/h4-7,12-13H,8-11,14H2,1-3H3,(H,24,27). The van der Waals surface area contributed by atoms with Gasteiger partial charge in [0.1, 0.15) is 5.82 Å². The van der Waals surface area contributed by atoms with E-state index in [1.807, 2.05) is 24.3 Å². The second-order valence-electron chi connectivity index (χ2n) is 6.97. The lowest BCUT2D eigenvalue weighted by atomic mass is 10.1. The number of aromatic nitrogens is 2. The SMILES string of the molecule is COCCNC(=O)CCn1c(Cc2ccccc2Cl)nc2cc(C)c(C)cc21. The normalized spacial score (nSPS) is 11.1. The van der Waals surface area contributed by atoms with Crippen LogP contribution in [0.25, 0.3) is 11.0 Å². The fraction of sp³-hybridized carbons (Fsp3) is 0.364. The number of carbonyl (C=O) groups is 1. The molecule has 3 aromatic rings. The molecule has 0 atom stereocenters. The van der Waals surface area contributed by atoms with E-state index in [0.717, 1.165) is 27.4 Å². The molecule has 28 heavy (non-hydrogen) atoms. The van der Waals surface area contributed by atoms with Gasteiger partial charge in [0.25, 0.3) is 0 Å². The van der Waals surface area contributed by atoms with Gasteiger partial charge in [0.2, 0.25) is 5.91 Å². The molecule has 2 aromatic carbocycles. The average Bonchev–Trinajstić information content (AvgIpc) is 2.98. The van der Waals surface area contributed by atoms with Crippen LogP contribution in [0.4, 0.5) is 0 Å². The average molecular weight is 400 g/mol. The summed E-state index contributed by atoms with van der Waals surface area (Å²) in [6.07, 6.45) is 1.01. The Hall–Kier alpha value is -2.37. The van der Waals surface area contributed by atoms with Gasteiger partial charge in [-0.3, -0.25) is 4.79 Å². The monoisotopic (exact) mass is 399 g/mol. The van der Waals surface area contributed by atoms with Crippen LogP contribution in [0, 0.1) is 13.8 Å². The molecule has 3 rings (SSSR count). The summed E-state index contributed by atoms with van der Waals surface area (Å²) in [5.74, 6) is 0.921. The van der Waals surface area contributed by atoms with Gasteiger partial charge in [-0.25, -0.2) is 4.98 Å². The molecule has 0 aliphatic rings. The maximum atomic E-state index is 12.2. The minimum atomic E-state index is 0.00595. The number of carbonyl (C=O) groups excluding carboxylic acids is 1. The van der Waals surface area contributed by atoms with Crippen LogP contribution in [0.3, 0.4) is 0 Å². The largest absolute Gasteiger partial charge is 0.383 e. The molecule has 1 heterocycles. The number of hydrogen-bond acceptors (Lipinski definition) is 3. The van der Waals surface area contributed by atoms with E-state index in [2.05, 4.69) is 35.9 Å². The summed E-state index contributed by atoms with van der Waals surface area (Å²) >= 11 is 6.36. The van der Waals surface area contributed by atoms with Gasteiger partial charge in [0.15, 0.2) is 0 Å². The number of rotatable bonds is 8. The molecule has 1 amide bonds. The Labute approximate surface area is 170 Å². The second-order valence-corrected chi connectivity index (χ2v) is 7.37. The van der Waals surface area contributed by atoms with E-state index in [-0.39, 0.29) is 5.91 Å². The van der Waals surface area contributed by atoms with Crippen molar-refractivity contribution >= 4 is 28.5 Å². The van der Waals surface area contributed by atoms with Crippen molar-refractivity contribution in [1.29, 1.82) is 0 Å². The molecule has 1 N–H and O–H groups in total. The van der Waals surface area contributed by atoms with Crippen LogP contribution in [0.15, 0.2) is 36.4 Å². The number of hydrogen-bond donors (Lipinski definition) is 1. The molecule has 0 bridgehead atoms. The third kappa shape index (κ3) is 4.72. The van der Waals surface area contributed by atoms with Crippen LogP contribution in [0.2, 0.25) is 5.02 Å². The molecule has 148 valence electrons. The maximum absolute atomic E-state index is 12.2. The zero-order valence-corrected chi connectivity index (χ0v) is 17.3. The van der Waals surface area contributed by atoms with Gasteiger partial charge >= 0.3 is 0 Å². The van der Waals surface area contributed by atoms with Gasteiger partial charge in [-0.15, -0.1) is 0 Å². The van der Waals surface area contributed by atoms with Crippen LogP contribution in [-0.4, -0.2) is 35.7 Å². The van der Waals surface area contributed by atoms with Crippen molar-refractivity contribution < 1.29 is 9.53 Å². The van der Waals surface area contributed by atoms with Crippen LogP contribution in [0.5, 0.6) is 0 Å². The summed E-state index contributed by atoms with van der Waals surface area (Å²) in [6, 6.07) is 12.1. The Bertz CT molecular complexity index is 981. The number of ether oxygens (including phenoxy) is 1. The lowest BCUT2D eigenvalue weighted by Crippen LogP contribution is -2.27. The molecule has 0 saturated heterocycles. The van der Waals surface area contributed by atoms with Crippen molar-refractivity contribution in [3.05, 3.63) is 63.9 Å². The van der Waals surface area contributed by atoms with Crippen LogP contribution in [-0.2, 0) is 22.5 Å².